The molecule has 1 amide bonds. The van der Waals surface area contributed by atoms with Crippen molar-refractivity contribution in [1.82, 2.24) is 5.32 Å². The largest absolute Gasteiger partial charge is 0.481 e. The van der Waals surface area contributed by atoms with Crippen molar-refractivity contribution in [3.8, 4) is 0 Å². The Morgan fingerprint density at radius 3 is 2.42 bits per heavy atom. The zero-order chi connectivity index (χ0) is 13.7. The van der Waals surface area contributed by atoms with Crippen molar-refractivity contribution in [2.75, 3.05) is 0 Å². The van der Waals surface area contributed by atoms with Gasteiger partial charge >= 0.3 is 5.97 Å². The second-order valence-electron chi connectivity index (χ2n) is 6.16. The maximum absolute atomic E-state index is 11.9. The number of aliphatic carboxylic acids is 1. The highest BCUT2D eigenvalue weighted by atomic mass is 16.4. The predicted octanol–water partition coefficient (Wildman–Crippen LogP) is 2.72. The van der Waals surface area contributed by atoms with Crippen LogP contribution < -0.4 is 5.32 Å². The van der Waals surface area contributed by atoms with Crippen LogP contribution in [0.3, 0.4) is 0 Å². The molecule has 19 heavy (non-hydrogen) atoms. The molecular weight excluding hydrogens is 242 g/mol. The van der Waals surface area contributed by atoms with Crippen LogP contribution in [0.2, 0.25) is 0 Å². The Kier molecular flexibility index (Phi) is 5.23. The Hall–Kier alpha value is -1.06. The van der Waals surface area contributed by atoms with Gasteiger partial charge in [-0.15, -0.1) is 0 Å². The molecule has 2 aliphatic rings. The lowest BCUT2D eigenvalue weighted by atomic mass is 9.86. The van der Waals surface area contributed by atoms with E-state index in [1.807, 2.05) is 0 Å². The van der Waals surface area contributed by atoms with Crippen LogP contribution in [0.5, 0.6) is 0 Å². The third-order valence-corrected chi connectivity index (χ3v) is 4.65. The van der Waals surface area contributed by atoms with E-state index in [1.165, 1.54) is 32.1 Å². The summed E-state index contributed by atoms with van der Waals surface area (Å²) in [5.41, 5.74) is 0. The summed E-state index contributed by atoms with van der Waals surface area (Å²) in [6, 6.07) is 0.0833. The fourth-order valence-electron chi connectivity index (χ4n) is 3.45. The lowest BCUT2D eigenvalue weighted by Gasteiger charge is -2.21. The van der Waals surface area contributed by atoms with Gasteiger partial charge in [-0.05, 0) is 31.6 Å². The zero-order valence-corrected chi connectivity index (χ0v) is 11.6. The van der Waals surface area contributed by atoms with Crippen LogP contribution in [0, 0.1) is 11.8 Å². The predicted molar refractivity (Wildman–Crippen MR) is 72.7 cm³/mol. The van der Waals surface area contributed by atoms with Crippen molar-refractivity contribution in [1.29, 1.82) is 0 Å². The minimum absolute atomic E-state index is 0.0833. The summed E-state index contributed by atoms with van der Waals surface area (Å²) >= 11 is 0. The molecule has 108 valence electrons. The number of carbonyl (C=O) groups excluding carboxylic acids is 1. The quantitative estimate of drug-likeness (QED) is 0.805. The minimum atomic E-state index is -0.723. The van der Waals surface area contributed by atoms with Crippen molar-refractivity contribution in [3.05, 3.63) is 0 Å². The number of rotatable bonds is 5. The van der Waals surface area contributed by atoms with E-state index in [1.54, 1.807) is 0 Å². The average Bonchev–Trinajstić information content (AvgIpc) is 2.86. The molecule has 4 heteroatoms. The van der Waals surface area contributed by atoms with Crippen molar-refractivity contribution >= 4 is 11.9 Å². The van der Waals surface area contributed by atoms with E-state index in [-0.39, 0.29) is 17.9 Å². The Balaban J connectivity index is 1.63. The van der Waals surface area contributed by atoms with Gasteiger partial charge < -0.3 is 10.4 Å². The molecule has 2 saturated carbocycles. The van der Waals surface area contributed by atoms with Crippen LogP contribution in [-0.2, 0) is 9.59 Å². The molecule has 2 fully saturated rings. The summed E-state index contributed by atoms with van der Waals surface area (Å²) in [6.07, 6.45) is 10.3. The number of carboxylic acid groups (broad SMARTS) is 1. The van der Waals surface area contributed by atoms with Crippen LogP contribution in [0.15, 0.2) is 0 Å². The second-order valence-corrected chi connectivity index (χ2v) is 6.16. The molecule has 2 aliphatic carbocycles. The van der Waals surface area contributed by atoms with Gasteiger partial charge in [0.15, 0.2) is 0 Å². The SMILES string of the molecule is O=C(CCC1CCCCC1)N[C@@H]1CC[C@H](C(=O)O)C1. The fourth-order valence-corrected chi connectivity index (χ4v) is 3.45. The fraction of sp³-hybridized carbons (Fsp3) is 0.867. The number of carboxylic acids is 1. The van der Waals surface area contributed by atoms with Gasteiger partial charge in [0.2, 0.25) is 5.91 Å². The minimum Gasteiger partial charge on any atom is -0.481 e. The van der Waals surface area contributed by atoms with Crippen molar-refractivity contribution in [2.24, 2.45) is 11.8 Å². The molecule has 0 spiro atoms. The maximum atomic E-state index is 11.9. The summed E-state index contributed by atoms with van der Waals surface area (Å²) in [7, 11) is 0. The van der Waals surface area contributed by atoms with Crippen LogP contribution in [0.25, 0.3) is 0 Å². The molecule has 0 aromatic heterocycles. The highest BCUT2D eigenvalue weighted by molar-refractivity contribution is 5.76. The van der Waals surface area contributed by atoms with Crippen molar-refractivity contribution in [3.63, 3.8) is 0 Å². The van der Waals surface area contributed by atoms with E-state index in [0.717, 1.165) is 18.8 Å². The first kappa shape index (κ1) is 14.4. The summed E-state index contributed by atoms with van der Waals surface area (Å²) in [5.74, 6) is -0.140. The molecule has 0 aromatic rings. The number of carbonyl (C=O) groups is 2. The van der Waals surface area contributed by atoms with E-state index < -0.39 is 5.97 Å². The van der Waals surface area contributed by atoms with E-state index in [9.17, 15) is 9.59 Å². The average molecular weight is 267 g/mol. The molecule has 0 aliphatic heterocycles. The molecule has 2 N–H and O–H groups in total. The Labute approximate surface area is 115 Å². The van der Waals surface area contributed by atoms with Crippen LogP contribution in [0.1, 0.15) is 64.2 Å². The highest BCUT2D eigenvalue weighted by Crippen LogP contribution is 2.28. The molecule has 0 saturated heterocycles. The van der Waals surface area contributed by atoms with Crippen molar-refractivity contribution in [2.45, 2.75) is 70.3 Å². The Morgan fingerprint density at radius 1 is 1.05 bits per heavy atom. The lowest BCUT2D eigenvalue weighted by Crippen LogP contribution is -2.33. The highest BCUT2D eigenvalue weighted by Gasteiger charge is 2.30. The van der Waals surface area contributed by atoms with Gasteiger partial charge in [-0.25, -0.2) is 0 Å². The molecule has 0 aromatic carbocycles. The molecule has 0 heterocycles. The molecule has 2 rings (SSSR count). The normalized spacial score (nSPS) is 28.2. The summed E-state index contributed by atoms with van der Waals surface area (Å²) in [6.45, 7) is 0. The molecule has 0 radical (unpaired) electrons. The first-order valence-corrected chi connectivity index (χ1v) is 7.67. The maximum Gasteiger partial charge on any atom is 0.306 e. The first-order valence-electron chi connectivity index (χ1n) is 7.67. The Bertz CT molecular complexity index is 323. The zero-order valence-electron chi connectivity index (χ0n) is 11.6. The second kappa shape index (κ2) is 6.92. The van der Waals surface area contributed by atoms with Gasteiger partial charge in [0, 0.05) is 12.5 Å². The van der Waals surface area contributed by atoms with Crippen LogP contribution in [0.4, 0.5) is 0 Å². The smallest absolute Gasteiger partial charge is 0.306 e. The van der Waals surface area contributed by atoms with Crippen LogP contribution in [-0.4, -0.2) is 23.0 Å². The number of hydrogen-bond donors (Lipinski definition) is 2. The van der Waals surface area contributed by atoms with Gasteiger partial charge in [-0.2, -0.15) is 0 Å². The molecule has 0 unspecified atom stereocenters. The monoisotopic (exact) mass is 267 g/mol. The van der Waals surface area contributed by atoms with Gasteiger partial charge in [0.05, 0.1) is 5.92 Å². The topological polar surface area (TPSA) is 66.4 Å². The molecule has 2 atom stereocenters. The summed E-state index contributed by atoms with van der Waals surface area (Å²) in [4.78, 5) is 22.7. The van der Waals surface area contributed by atoms with E-state index in [2.05, 4.69) is 5.32 Å². The van der Waals surface area contributed by atoms with Gasteiger partial charge in [-0.1, -0.05) is 32.1 Å². The lowest BCUT2D eigenvalue weighted by molar-refractivity contribution is -0.141. The number of amides is 1. The summed E-state index contributed by atoms with van der Waals surface area (Å²) in [5, 5.41) is 11.9. The van der Waals surface area contributed by atoms with E-state index >= 15 is 0 Å². The van der Waals surface area contributed by atoms with Gasteiger partial charge in [0.1, 0.15) is 0 Å². The number of hydrogen-bond acceptors (Lipinski definition) is 2. The Morgan fingerprint density at radius 2 is 1.79 bits per heavy atom. The molecule has 4 nitrogen and oxygen atoms in total. The third-order valence-electron chi connectivity index (χ3n) is 4.65. The summed E-state index contributed by atoms with van der Waals surface area (Å²) < 4.78 is 0. The number of nitrogens with one attached hydrogen (secondary N) is 1. The molecular formula is C15H25NO3. The van der Waals surface area contributed by atoms with Gasteiger partial charge in [0.25, 0.3) is 0 Å². The van der Waals surface area contributed by atoms with Crippen LogP contribution >= 0.6 is 0 Å². The van der Waals surface area contributed by atoms with E-state index in [0.29, 0.717) is 19.3 Å². The van der Waals surface area contributed by atoms with Gasteiger partial charge in [-0.3, -0.25) is 9.59 Å². The van der Waals surface area contributed by atoms with E-state index in [4.69, 9.17) is 5.11 Å². The standard InChI is InChI=1S/C15H25NO3/c17-14(9-6-11-4-2-1-3-5-11)16-13-8-7-12(10-13)15(18)19/h11-13H,1-10H2,(H,16,17)(H,18,19)/t12-,13+/m0/s1. The third kappa shape index (κ3) is 4.51. The van der Waals surface area contributed by atoms with Crippen molar-refractivity contribution < 1.29 is 14.7 Å². The first-order chi connectivity index (χ1) is 9.15. The molecule has 0 bridgehead atoms.